The minimum Gasteiger partial charge on any atom is -0.496 e. The Morgan fingerprint density at radius 1 is 1.11 bits per heavy atom. The summed E-state index contributed by atoms with van der Waals surface area (Å²) >= 11 is 0. The third kappa shape index (κ3) is 2.79. The summed E-state index contributed by atoms with van der Waals surface area (Å²) in [7, 11) is 3.31. The Morgan fingerprint density at radius 2 is 1.79 bits per heavy atom. The molecule has 0 radical (unpaired) electrons. The van der Waals surface area contributed by atoms with Gasteiger partial charge in [-0.05, 0) is 43.1 Å². The number of pyridine rings is 1. The Morgan fingerprint density at radius 3 is 2.42 bits per heavy atom. The molecule has 0 spiro atoms. The molecule has 0 aliphatic carbocycles. The maximum absolute atomic E-state index is 5.66. The van der Waals surface area contributed by atoms with Gasteiger partial charge < -0.3 is 15.2 Å². The van der Waals surface area contributed by atoms with E-state index in [0.717, 1.165) is 34.5 Å². The molecule has 102 valence electrons. The summed E-state index contributed by atoms with van der Waals surface area (Å²) in [6.45, 7) is 2.78. The van der Waals surface area contributed by atoms with Gasteiger partial charge in [-0.25, -0.2) is 4.98 Å². The van der Waals surface area contributed by atoms with Gasteiger partial charge in [0, 0.05) is 11.1 Å². The van der Waals surface area contributed by atoms with Crippen LogP contribution < -0.4 is 15.2 Å². The highest BCUT2D eigenvalue weighted by molar-refractivity contribution is 5.90. The van der Waals surface area contributed by atoms with E-state index in [9.17, 15) is 0 Å². The van der Waals surface area contributed by atoms with E-state index in [1.807, 2.05) is 24.3 Å². The molecule has 1 atom stereocenters. The molecule has 2 aromatic rings. The molecule has 1 heterocycles. The van der Waals surface area contributed by atoms with Crippen molar-refractivity contribution in [2.45, 2.75) is 13.3 Å². The molecule has 0 aliphatic rings. The molecule has 0 saturated carbocycles. The van der Waals surface area contributed by atoms with Crippen LogP contribution in [-0.4, -0.2) is 25.7 Å². The van der Waals surface area contributed by atoms with Crippen LogP contribution in [0.15, 0.2) is 24.3 Å². The van der Waals surface area contributed by atoms with Crippen molar-refractivity contribution in [3.05, 3.63) is 30.0 Å². The Hall–Kier alpha value is -1.81. The first-order chi connectivity index (χ1) is 9.19. The topological polar surface area (TPSA) is 57.4 Å². The molecule has 19 heavy (non-hydrogen) atoms. The zero-order valence-electron chi connectivity index (χ0n) is 11.6. The number of nitrogens with zero attached hydrogens (tertiary/aromatic N) is 1. The predicted octanol–water partition coefficient (Wildman–Crippen LogP) is 2.39. The van der Waals surface area contributed by atoms with Crippen molar-refractivity contribution in [1.82, 2.24) is 4.98 Å². The minimum absolute atomic E-state index is 0.418. The average Bonchev–Trinajstić information content (AvgIpc) is 2.45. The highest BCUT2D eigenvalue weighted by Gasteiger charge is 2.10. The Bertz CT molecular complexity index is 569. The van der Waals surface area contributed by atoms with Crippen LogP contribution >= 0.6 is 0 Å². The van der Waals surface area contributed by atoms with Gasteiger partial charge >= 0.3 is 0 Å². The van der Waals surface area contributed by atoms with Gasteiger partial charge in [-0.1, -0.05) is 6.92 Å². The van der Waals surface area contributed by atoms with E-state index >= 15 is 0 Å². The summed E-state index contributed by atoms with van der Waals surface area (Å²) in [5.41, 5.74) is 7.52. The number of methoxy groups -OCH3 is 2. The van der Waals surface area contributed by atoms with Crippen LogP contribution in [-0.2, 0) is 6.42 Å². The van der Waals surface area contributed by atoms with E-state index in [2.05, 4.69) is 11.9 Å². The van der Waals surface area contributed by atoms with Crippen LogP contribution in [0, 0.1) is 5.92 Å². The highest BCUT2D eigenvalue weighted by Crippen LogP contribution is 2.31. The molecule has 0 saturated heterocycles. The second kappa shape index (κ2) is 5.89. The molecule has 2 rings (SSSR count). The fourth-order valence-electron chi connectivity index (χ4n) is 2.10. The number of fused-ring (bicyclic) bond motifs is 1. The van der Waals surface area contributed by atoms with Crippen LogP contribution in [0.2, 0.25) is 0 Å². The van der Waals surface area contributed by atoms with Crippen LogP contribution in [0.4, 0.5) is 0 Å². The number of rotatable bonds is 5. The number of aromatic nitrogens is 1. The second-order valence-electron chi connectivity index (χ2n) is 4.71. The fraction of sp³-hybridized carbons (Fsp3) is 0.400. The smallest absolute Gasteiger partial charge is 0.145 e. The quantitative estimate of drug-likeness (QED) is 0.896. The summed E-state index contributed by atoms with van der Waals surface area (Å²) in [6.07, 6.45) is 0.868. The molecule has 0 fully saturated rings. The molecule has 2 N–H and O–H groups in total. The number of ether oxygens (including phenoxy) is 2. The third-order valence-electron chi connectivity index (χ3n) is 3.24. The lowest BCUT2D eigenvalue weighted by atomic mass is 10.0. The van der Waals surface area contributed by atoms with E-state index in [0.29, 0.717) is 12.5 Å². The van der Waals surface area contributed by atoms with E-state index < -0.39 is 0 Å². The van der Waals surface area contributed by atoms with Crippen LogP contribution in [0.25, 0.3) is 10.9 Å². The van der Waals surface area contributed by atoms with Crippen molar-refractivity contribution in [3.8, 4) is 11.5 Å². The van der Waals surface area contributed by atoms with Crippen molar-refractivity contribution in [3.63, 3.8) is 0 Å². The maximum Gasteiger partial charge on any atom is 0.145 e. The van der Waals surface area contributed by atoms with Crippen LogP contribution in [0.1, 0.15) is 12.6 Å². The normalized spacial score (nSPS) is 12.4. The number of benzene rings is 1. The van der Waals surface area contributed by atoms with E-state index in [1.54, 1.807) is 14.2 Å². The highest BCUT2D eigenvalue weighted by atomic mass is 16.5. The standard InChI is InChI=1S/C15H20N2O2/c1-10(9-16)8-11-4-5-12-13(18-2)6-7-14(19-3)15(12)17-11/h4-7,10H,8-9,16H2,1-3H3. The van der Waals surface area contributed by atoms with Gasteiger partial charge in [0.2, 0.25) is 0 Å². The molecular formula is C15H20N2O2. The van der Waals surface area contributed by atoms with Gasteiger partial charge in [0.25, 0.3) is 0 Å². The zero-order chi connectivity index (χ0) is 13.8. The molecule has 1 aromatic carbocycles. The molecular weight excluding hydrogens is 240 g/mol. The molecule has 4 heteroatoms. The molecule has 0 amide bonds. The zero-order valence-corrected chi connectivity index (χ0v) is 11.6. The monoisotopic (exact) mass is 260 g/mol. The van der Waals surface area contributed by atoms with Crippen molar-refractivity contribution < 1.29 is 9.47 Å². The van der Waals surface area contributed by atoms with E-state index in [4.69, 9.17) is 15.2 Å². The van der Waals surface area contributed by atoms with E-state index in [-0.39, 0.29) is 0 Å². The second-order valence-corrected chi connectivity index (χ2v) is 4.71. The summed E-state index contributed by atoms with van der Waals surface area (Å²) in [6, 6.07) is 7.83. The lowest BCUT2D eigenvalue weighted by Crippen LogP contribution is -2.13. The summed E-state index contributed by atoms with van der Waals surface area (Å²) in [5.74, 6) is 1.99. The Kier molecular flexibility index (Phi) is 4.22. The summed E-state index contributed by atoms with van der Waals surface area (Å²) in [5, 5.41) is 0.964. The van der Waals surface area contributed by atoms with Gasteiger partial charge in [0.15, 0.2) is 0 Å². The number of hydrogen-bond donors (Lipinski definition) is 1. The van der Waals surface area contributed by atoms with Crippen molar-refractivity contribution >= 4 is 10.9 Å². The van der Waals surface area contributed by atoms with Crippen molar-refractivity contribution in [2.75, 3.05) is 20.8 Å². The van der Waals surface area contributed by atoms with Gasteiger partial charge in [-0.3, -0.25) is 0 Å². The summed E-state index contributed by atoms with van der Waals surface area (Å²) < 4.78 is 10.7. The fourth-order valence-corrected chi connectivity index (χ4v) is 2.10. The molecule has 4 nitrogen and oxygen atoms in total. The lowest BCUT2D eigenvalue weighted by molar-refractivity contribution is 0.409. The number of hydrogen-bond acceptors (Lipinski definition) is 4. The first-order valence-electron chi connectivity index (χ1n) is 6.40. The SMILES string of the molecule is COc1ccc(OC)c2nc(CC(C)CN)ccc12. The van der Waals surface area contributed by atoms with Gasteiger partial charge in [-0.15, -0.1) is 0 Å². The van der Waals surface area contributed by atoms with Crippen molar-refractivity contribution in [1.29, 1.82) is 0 Å². The molecule has 0 aliphatic heterocycles. The predicted molar refractivity (Wildman–Crippen MR) is 76.8 cm³/mol. The first-order valence-corrected chi connectivity index (χ1v) is 6.40. The third-order valence-corrected chi connectivity index (χ3v) is 3.24. The average molecular weight is 260 g/mol. The van der Waals surface area contributed by atoms with Gasteiger partial charge in [0.05, 0.1) is 14.2 Å². The van der Waals surface area contributed by atoms with Gasteiger partial charge in [0.1, 0.15) is 17.0 Å². The first kappa shape index (κ1) is 13.6. The van der Waals surface area contributed by atoms with Crippen molar-refractivity contribution in [2.24, 2.45) is 11.7 Å². The molecule has 0 bridgehead atoms. The maximum atomic E-state index is 5.66. The van der Waals surface area contributed by atoms with Crippen LogP contribution in [0.5, 0.6) is 11.5 Å². The largest absolute Gasteiger partial charge is 0.496 e. The lowest BCUT2D eigenvalue weighted by Gasteiger charge is -2.12. The molecule has 1 unspecified atom stereocenters. The van der Waals surface area contributed by atoms with E-state index in [1.165, 1.54) is 0 Å². The molecule has 1 aromatic heterocycles. The Balaban J connectivity index is 2.50. The van der Waals surface area contributed by atoms with Crippen LogP contribution in [0.3, 0.4) is 0 Å². The number of nitrogens with two attached hydrogens (primary N) is 1. The van der Waals surface area contributed by atoms with Gasteiger partial charge in [-0.2, -0.15) is 0 Å². The minimum atomic E-state index is 0.418. The summed E-state index contributed by atoms with van der Waals surface area (Å²) in [4.78, 5) is 4.68. The Labute approximate surface area is 113 Å².